The van der Waals surface area contributed by atoms with E-state index in [-0.39, 0.29) is 12.3 Å². The minimum atomic E-state index is -0.421. The van der Waals surface area contributed by atoms with Crippen molar-refractivity contribution in [1.29, 1.82) is 0 Å². The highest BCUT2D eigenvalue weighted by Crippen LogP contribution is 2.34. The van der Waals surface area contributed by atoms with E-state index in [9.17, 15) is 9.59 Å². The summed E-state index contributed by atoms with van der Waals surface area (Å²) < 4.78 is 9.99. The van der Waals surface area contributed by atoms with Crippen LogP contribution in [0.4, 0.5) is 5.00 Å². The molecule has 2 aromatic heterocycles. The minimum absolute atomic E-state index is 0.177. The Morgan fingerprint density at radius 2 is 2.09 bits per heavy atom. The summed E-state index contributed by atoms with van der Waals surface area (Å²) in [6, 6.07) is 1.54. The van der Waals surface area contributed by atoms with Crippen LogP contribution in [0.25, 0.3) is 0 Å². The first-order valence-corrected chi connectivity index (χ1v) is 7.83. The molecule has 0 saturated carbocycles. The zero-order valence-electron chi connectivity index (χ0n) is 13.0. The molecule has 0 aromatic carbocycles. The van der Waals surface area contributed by atoms with E-state index in [0.29, 0.717) is 22.7 Å². The molecule has 2 rings (SSSR count). The van der Waals surface area contributed by atoms with Gasteiger partial charge in [0.25, 0.3) is 5.91 Å². The van der Waals surface area contributed by atoms with Crippen molar-refractivity contribution in [1.82, 2.24) is 5.16 Å². The lowest BCUT2D eigenvalue weighted by Gasteiger charge is -2.06. The van der Waals surface area contributed by atoms with Crippen LogP contribution in [0.5, 0.6) is 0 Å². The first kappa shape index (κ1) is 16.2. The van der Waals surface area contributed by atoms with Crippen LogP contribution in [0, 0.1) is 13.8 Å². The van der Waals surface area contributed by atoms with Gasteiger partial charge in [-0.15, -0.1) is 11.3 Å². The van der Waals surface area contributed by atoms with Crippen molar-refractivity contribution in [3.05, 3.63) is 33.5 Å². The number of hydrogen-bond acceptors (Lipinski definition) is 6. The number of carbonyl (C=O) groups excluding carboxylic acids is 2. The number of aromatic nitrogens is 1. The zero-order valence-corrected chi connectivity index (χ0v) is 13.8. The second-order valence-corrected chi connectivity index (χ2v) is 5.92. The fourth-order valence-electron chi connectivity index (χ4n) is 2.15. The summed E-state index contributed by atoms with van der Waals surface area (Å²) in [6.45, 7) is 7.62. The molecular weight excluding hydrogens is 304 g/mol. The topological polar surface area (TPSA) is 81.4 Å². The number of rotatable bonds is 5. The smallest absolute Gasteiger partial charge is 0.341 e. The van der Waals surface area contributed by atoms with Crippen LogP contribution in [-0.4, -0.2) is 23.6 Å². The monoisotopic (exact) mass is 322 g/mol. The average Bonchev–Trinajstić information content (AvgIpc) is 3.02. The predicted molar refractivity (Wildman–Crippen MR) is 83.6 cm³/mol. The molecule has 0 radical (unpaired) electrons. The molecule has 0 spiro atoms. The molecule has 0 aliphatic heterocycles. The van der Waals surface area contributed by atoms with Crippen LogP contribution in [0.15, 0.2) is 10.6 Å². The van der Waals surface area contributed by atoms with Gasteiger partial charge >= 0.3 is 5.97 Å². The van der Waals surface area contributed by atoms with E-state index < -0.39 is 11.9 Å². The molecule has 118 valence electrons. The number of amides is 1. The molecule has 2 aromatic rings. The van der Waals surface area contributed by atoms with Crippen LogP contribution in [0.2, 0.25) is 0 Å². The van der Waals surface area contributed by atoms with Crippen molar-refractivity contribution in [3.63, 3.8) is 0 Å². The number of thiophene rings is 1. The second-order valence-electron chi connectivity index (χ2n) is 4.69. The summed E-state index contributed by atoms with van der Waals surface area (Å²) in [5.41, 5.74) is 1.51. The Labute approximate surface area is 132 Å². The van der Waals surface area contributed by atoms with E-state index >= 15 is 0 Å². The number of ether oxygens (including phenoxy) is 1. The highest BCUT2D eigenvalue weighted by Gasteiger charge is 2.24. The normalized spacial score (nSPS) is 10.5. The van der Waals surface area contributed by atoms with Crippen molar-refractivity contribution in [2.45, 2.75) is 34.1 Å². The molecule has 2 heterocycles. The van der Waals surface area contributed by atoms with Crippen LogP contribution < -0.4 is 5.32 Å². The molecule has 0 fully saturated rings. The Hall–Kier alpha value is -2.15. The molecule has 0 aliphatic rings. The van der Waals surface area contributed by atoms with Crippen LogP contribution >= 0.6 is 11.3 Å². The lowest BCUT2D eigenvalue weighted by atomic mass is 10.1. The number of nitrogens with zero attached hydrogens (tertiary/aromatic N) is 1. The summed E-state index contributed by atoms with van der Waals surface area (Å²) in [7, 11) is 0. The number of carbonyl (C=O) groups is 2. The van der Waals surface area contributed by atoms with E-state index in [4.69, 9.17) is 9.26 Å². The number of hydrogen-bond donors (Lipinski definition) is 1. The average molecular weight is 322 g/mol. The van der Waals surface area contributed by atoms with Gasteiger partial charge in [0.05, 0.1) is 12.2 Å². The van der Waals surface area contributed by atoms with Gasteiger partial charge in [-0.25, -0.2) is 4.79 Å². The zero-order chi connectivity index (χ0) is 16.3. The van der Waals surface area contributed by atoms with Gasteiger partial charge in [-0.05, 0) is 32.8 Å². The maximum Gasteiger partial charge on any atom is 0.341 e. The second kappa shape index (κ2) is 6.74. The Morgan fingerprint density at radius 1 is 1.36 bits per heavy atom. The van der Waals surface area contributed by atoms with Crippen molar-refractivity contribution in [2.24, 2.45) is 0 Å². The van der Waals surface area contributed by atoms with Gasteiger partial charge in [-0.3, -0.25) is 4.79 Å². The Bertz CT molecular complexity index is 702. The van der Waals surface area contributed by atoms with Crippen LogP contribution in [0.3, 0.4) is 0 Å². The third-order valence-corrected chi connectivity index (χ3v) is 4.19. The molecule has 7 heteroatoms. The van der Waals surface area contributed by atoms with Gasteiger partial charge in [0.1, 0.15) is 10.8 Å². The number of anilines is 1. The Balaban J connectivity index is 2.34. The van der Waals surface area contributed by atoms with Crippen LogP contribution in [0.1, 0.15) is 50.9 Å². The van der Waals surface area contributed by atoms with E-state index in [1.54, 1.807) is 19.9 Å². The Morgan fingerprint density at radius 3 is 2.64 bits per heavy atom. The Kier molecular flexibility index (Phi) is 4.97. The summed E-state index contributed by atoms with van der Waals surface area (Å²) in [4.78, 5) is 25.4. The van der Waals surface area contributed by atoms with E-state index in [2.05, 4.69) is 10.5 Å². The molecule has 22 heavy (non-hydrogen) atoms. The van der Waals surface area contributed by atoms with Gasteiger partial charge in [0.2, 0.25) is 0 Å². The molecule has 1 N–H and O–H groups in total. The molecule has 6 nitrogen and oxygen atoms in total. The van der Waals surface area contributed by atoms with Gasteiger partial charge in [0, 0.05) is 10.9 Å². The third kappa shape index (κ3) is 3.19. The highest BCUT2D eigenvalue weighted by atomic mass is 32.1. The van der Waals surface area contributed by atoms with Crippen molar-refractivity contribution >= 4 is 28.2 Å². The SMILES string of the molecule is CCOC(=O)c1c(NC(=O)c2cc(C)on2)sc(C)c1CC. The molecule has 1 amide bonds. The lowest BCUT2D eigenvalue weighted by Crippen LogP contribution is -2.15. The number of nitrogens with one attached hydrogen (secondary N) is 1. The summed E-state index contributed by atoms with van der Waals surface area (Å²) in [6.07, 6.45) is 0.690. The van der Waals surface area contributed by atoms with Crippen molar-refractivity contribution in [2.75, 3.05) is 11.9 Å². The highest BCUT2D eigenvalue weighted by molar-refractivity contribution is 7.16. The molecule has 0 unspecified atom stereocenters. The maximum absolute atomic E-state index is 12.2. The van der Waals surface area contributed by atoms with Gasteiger partial charge in [-0.1, -0.05) is 12.1 Å². The molecular formula is C15H18N2O4S. The van der Waals surface area contributed by atoms with Crippen molar-refractivity contribution in [3.8, 4) is 0 Å². The quantitative estimate of drug-likeness (QED) is 0.854. The first-order valence-electron chi connectivity index (χ1n) is 7.01. The molecule has 0 atom stereocenters. The lowest BCUT2D eigenvalue weighted by molar-refractivity contribution is 0.0527. The fraction of sp³-hybridized carbons (Fsp3) is 0.400. The maximum atomic E-state index is 12.2. The molecule has 0 saturated heterocycles. The fourth-order valence-corrected chi connectivity index (χ4v) is 3.28. The largest absolute Gasteiger partial charge is 0.462 e. The van der Waals surface area contributed by atoms with Gasteiger partial charge < -0.3 is 14.6 Å². The summed E-state index contributed by atoms with van der Waals surface area (Å²) in [5, 5.41) is 6.89. The van der Waals surface area contributed by atoms with E-state index in [0.717, 1.165) is 10.4 Å². The van der Waals surface area contributed by atoms with Gasteiger partial charge in [-0.2, -0.15) is 0 Å². The minimum Gasteiger partial charge on any atom is -0.462 e. The third-order valence-electron chi connectivity index (χ3n) is 3.13. The van der Waals surface area contributed by atoms with Crippen molar-refractivity contribution < 1.29 is 18.8 Å². The first-order chi connectivity index (χ1) is 10.5. The van der Waals surface area contributed by atoms with E-state index in [1.165, 1.54) is 11.3 Å². The standard InChI is InChI=1S/C15H18N2O4S/c1-5-10-9(4)22-14(12(10)15(19)20-6-2)16-13(18)11-7-8(3)21-17-11/h7H,5-6H2,1-4H3,(H,16,18). The van der Waals surface area contributed by atoms with Crippen LogP contribution in [-0.2, 0) is 11.2 Å². The summed E-state index contributed by atoms with van der Waals surface area (Å²) >= 11 is 1.36. The summed E-state index contributed by atoms with van der Waals surface area (Å²) in [5.74, 6) is -0.283. The molecule has 0 bridgehead atoms. The molecule has 0 aliphatic carbocycles. The number of aryl methyl sites for hydroxylation is 2. The van der Waals surface area contributed by atoms with E-state index in [1.807, 2.05) is 13.8 Å². The predicted octanol–water partition coefficient (Wildman–Crippen LogP) is 3.34. The number of esters is 1. The van der Waals surface area contributed by atoms with Gasteiger partial charge in [0.15, 0.2) is 5.69 Å².